The van der Waals surface area contributed by atoms with Gasteiger partial charge >= 0.3 is 11.9 Å². The Balaban J connectivity index is 1.78. The fourth-order valence-corrected chi connectivity index (χ4v) is 7.98. The minimum atomic E-state index is -1.60. The zero-order valence-corrected chi connectivity index (χ0v) is 20.1. The van der Waals surface area contributed by atoms with E-state index in [4.69, 9.17) is 4.74 Å². The van der Waals surface area contributed by atoms with E-state index >= 15 is 4.39 Å². The van der Waals surface area contributed by atoms with Crippen LogP contribution in [-0.2, 0) is 19.1 Å². The molecule has 0 saturated heterocycles. The number of carbonyl (C=O) groups excluding carboxylic acids is 2. The lowest BCUT2D eigenvalue weighted by atomic mass is 9.43. The second-order valence-corrected chi connectivity index (χ2v) is 11.6. The number of ether oxygens (including phenoxy) is 1. The molecule has 0 aromatic heterocycles. The standard InChI is InChI=1S/C26H37FO6/c1-14(2)33-23(31)21-20-16(24(3)9-5-15(28)13-18(24)22(21)27)6-10-25(4)17(20)7-11-26(25,32)12-8-19(29)30/h13-14,16-17,20-22,32H,5-12H2,1-4H3,(H,29,30)/t16-,17-,20+,21+,22+,24+,25-,26+/m0/s1. The van der Waals surface area contributed by atoms with Gasteiger partial charge in [0.1, 0.15) is 6.17 Å². The molecule has 0 unspecified atom stereocenters. The lowest BCUT2D eigenvalue weighted by Gasteiger charge is -2.61. The molecule has 8 atom stereocenters. The van der Waals surface area contributed by atoms with Gasteiger partial charge in [0.05, 0.1) is 17.6 Å². The predicted octanol–water partition coefficient (Wildman–Crippen LogP) is 4.24. The molecule has 0 aromatic carbocycles. The van der Waals surface area contributed by atoms with Gasteiger partial charge in [0.2, 0.25) is 0 Å². The normalized spacial score (nSPS) is 44.5. The van der Waals surface area contributed by atoms with Gasteiger partial charge in [-0.25, -0.2) is 4.39 Å². The van der Waals surface area contributed by atoms with Crippen molar-refractivity contribution in [3.05, 3.63) is 11.6 Å². The zero-order chi connectivity index (χ0) is 24.3. The molecule has 0 amide bonds. The molecule has 0 bridgehead atoms. The van der Waals surface area contributed by atoms with Crippen molar-refractivity contribution in [2.24, 2.45) is 34.5 Å². The summed E-state index contributed by atoms with van der Waals surface area (Å²) in [5, 5.41) is 20.8. The first kappa shape index (κ1) is 24.4. The highest BCUT2D eigenvalue weighted by Crippen LogP contribution is 2.69. The van der Waals surface area contributed by atoms with Crippen molar-refractivity contribution in [2.75, 3.05) is 0 Å². The molecule has 7 heteroatoms. The van der Waals surface area contributed by atoms with Gasteiger partial charge in [-0.15, -0.1) is 0 Å². The number of allylic oxidation sites excluding steroid dienone is 1. The van der Waals surface area contributed by atoms with Gasteiger partial charge in [-0.2, -0.15) is 0 Å². The van der Waals surface area contributed by atoms with Crippen LogP contribution in [0.15, 0.2) is 11.6 Å². The number of fused-ring (bicyclic) bond motifs is 5. The number of carboxylic acid groups (broad SMARTS) is 1. The number of ketones is 1. The molecule has 33 heavy (non-hydrogen) atoms. The molecule has 0 aromatic rings. The molecule has 3 fully saturated rings. The van der Waals surface area contributed by atoms with Crippen molar-refractivity contribution in [2.45, 2.75) is 96.9 Å². The van der Waals surface area contributed by atoms with Crippen molar-refractivity contribution < 1.29 is 33.7 Å². The Kier molecular flexibility index (Phi) is 6.04. The molecule has 6 nitrogen and oxygen atoms in total. The van der Waals surface area contributed by atoms with Crippen LogP contribution in [0.5, 0.6) is 0 Å². The molecule has 4 aliphatic rings. The topological polar surface area (TPSA) is 101 Å². The molecule has 0 aliphatic heterocycles. The van der Waals surface area contributed by atoms with Crippen LogP contribution >= 0.6 is 0 Å². The van der Waals surface area contributed by atoms with Crippen molar-refractivity contribution in [1.29, 1.82) is 0 Å². The molecular weight excluding hydrogens is 427 g/mol. The van der Waals surface area contributed by atoms with E-state index in [1.165, 1.54) is 6.08 Å². The number of carboxylic acids is 1. The maximum atomic E-state index is 16.2. The molecular formula is C26H37FO6. The third kappa shape index (κ3) is 3.65. The number of rotatable bonds is 5. The van der Waals surface area contributed by atoms with Crippen LogP contribution in [0.4, 0.5) is 4.39 Å². The van der Waals surface area contributed by atoms with Gasteiger partial charge in [-0.05, 0) is 92.6 Å². The van der Waals surface area contributed by atoms with Crippen molar-refractivity contribution in [1.82, 2.24) is 0 Å². The van der Waals surface area contributed by atoms with Crippen molar-refractivity contribution >= 4 is 17.7 Å². The monoisotopic (exact) mass is 464 g/mol. The summed E-state index contributed by atoms with van der Waals surface area (Å²) in [5.74, 6) is -3.06. The quantitative estimate of drug-likeness (QED) is 0.590. The van der Waals surface area contributed by atoms with Crippen LogP contribution in [0.25, 0.3) is 0 Å². The van der Waals surface area contributed by atoms with E-state index in [0.717, 1.165) is 0 Å². The SMILES string of the molecule is CC(C)OC(=O)[C@@H]1[C@@H]2[C@H](CC[C@@]3(C)[C@H]2CC[C@@]3(O)CCC(=O)O)[C@@]2(C)CCC(=O)C=C2[C@H]1F. The highest BCUT2D eigenvalue weighted by atomic mass is 19.1. The maximum absolute atomic E-state index is 16.2. The van der Waals surface area contributed by atoms with Crippen LogP contribution < -0.4 is 0 Å². The third-order valence-electron chi connectivity index (χ3n) is 9.74. The second kappa shape index (κ2) is 8.17. The summed E-state index contributed by atoms with van der Waals surface area (Å²) < 4.78 is 21.8. The van der Waals surface area contributed by atoms with E-state index in [1.807, 2.05) is 13.8 Å². The van der Waals surface area contributed by atoms with E-state index in [9.17, 15) is 24.6 Å². The largest absolute Gasteiger partial charge is 0.481 e. The van der Waals surface area contributed by atoms with E-state index < -0.39 is 40.5 Å². The average Bonchev–Trinajstić information content (AvgIpc) is 2.99. The number of hydrogen-bond acceptors (Lipinski definition) is 5. The highest BCUT2D eigenvalue weighted by molar-refractivity contribution is 5.92. The summed E-state index contributed by atoms with van der Waals surface area (Å²) in [6, 6.07) is 0. The first-order valence-corrected chi connectivity index (χ1v) is 12.4. The van der Waals surface area contributed by atoms with Crippen LogP contribution in [0.2, 0.25) is 0 Å². The van der Waals surface area contributed by atoms with Crippen LogP contribution in [-0.4, -0.2) is 45.8 Å². The van der Waals surface area contributed by atoms with Gasteiger partial charge in [0, 0.05) is 12.8 Å². The Hall–Kier alpha value is -1.76. The summed E-state index contributed by atoms with van der Waals surface area (Å²) in [4.78, 5) is 36.8. The minimum absolute atomic E-state index is 0.00783. The first-order chi connectivity index (χ1) is 15.3. The zero-order valence-electron chi connectivity index (χ0n) is 20.1. The number of alkyl halides is 1. The molecule has 3 saturated carbocycles. The Morgan fingerprint density at radius 3 is 2.48 bits per heavy atom. The van der Waals surface area contributed by atoms with Crippen LogP contribution in [0.3, 0.4) is 0 Å². The van der Waals surface area contributed by atoms with Gasteiger partial charge in [0.25, 0.3) is 0 Å². The Morgan fingerprint density at radius 1 is 1.18 bits per heavy atom. The summed E-state index contributed by atoms with van der Waals surface area (Å²) in [6.45, 7) is 7.51. The molecule has 0 radical (unpaired) electrons. The molecule has 4 aliphatic carbocycles. The van der Waals surface area contributed by atoms with E-state index in [0.29, 0.717) is 44.1 Å². The number of aliphatic hydroxyl groups is 1. The summed E-state index contributed by atoms with van der Waals surface area (Å²) >= 11 is 0. The fourth-order valence-electron chi connectivity index (χ4n) is 7.98. The maximum Gasteiger partial charge on any atom is 0.312 e. The summed E-state index contributed by atoms with van der Waals surface area (Å²) in [5.41, 5.74) is -1.82. The number of esters is 1. The number of carbonyl (C=O) groups is 3. The molecule has 4 rings (SSSR count). The fraction of sp³-hybridized carbons (Fsp3) is 0.808. The Labute approximate surface area is 195 Å². The predicted molar refractivity (Wildman–Crippen MR) is 119 cm³/mol. The van der Waals surface area contributed by atoms with Gasteiger partial charge in [0.15, 0.2) is 5.78 Å². The lowest BCUT2D eigenvalue weighted by Crippen LogP contribution is -2.61. The minimum Gasteiger partial charge on any atom is -0.481 e. The van der Waals surface area contributed by atoms with Crippen molar-refractivity contribution in [3.8, 4) is 0 Å². The molecule has 2 N–H and O–H groups in total. The summed E-state index contributed by atoms with van der Waals surface area (Å²) in [7, 11) is 0. The smallest absolute Gasteiger partial charge is 0.312 e. The third-order valence-corrected chi connectivity index (χ3v) is 9.74. The van der Waals surface area contributed by atoms with Gasteiger partial charge in [-0.3, -0.25) is 14.4 Å². The Bertz CT molecular complexity index is 882. The first-order valence-electron chi connectivity index (χ1n) is 12.4. The van der Waals surface area contributed by atoms with E-state index in [-0.39, 0.29) is 42.5 Å². The second-order valence-electron chi connectivity index (χ2n) is 11.6. The average molecular weight is 465 g/mol. The van der Waals surface area contributed by atoms with E-state index in [1.54, 1.807) is 13.8 Å². The molecule has 0 heterocycles. The van der Waals surface area contributed by atoms with Gasteiger partial charge < -0.3 is 14.9 Å². The number of aliphatic carboxylic acids is 1. The van der Waals surface area contributed by atoms with Gasteiger partial charge in [-0.1, -0.05) is 13.8 Å². The highest BCUT2D eigenvalue weighted by Gasteiger charge is 2.68. The van der Waals surface area contributed by atoms with Crippen LogP contribution in [0.1, 0.15) is 79.1 Å². The lowest BCUT2D eigenvalue weighted by molar-refractivity contribution is -0.180. The number of halogens is 1. The van der Waals surface area contributed by atoms with Crippen molar-refractivity contribution in [3.63, 3.8) is 0 Å². The number of hydrogen-bond donors (Lipinski definition) is 2. The molecule has 0 spiro atoms. The Morgan fingerprint density at radius 2 is 1.85 bits per heavy atom. The molecule has 184 valence electrons. The van der Waals surface area contributed by atoms with E-state index in [2.05, 4.69) is 0 Å². The van der Waals surface area contributed by atoms with Crippen LogP contribution in [0, 0.1) is 34.5 Å². The summed E-state index contributed by atoms with van der Waals surface area (Å²) in [6.07, 6.45) is 2.90.